The Bertz CT molecular complexity index is 654. The molecule has 5 heteroatoms. The van der Waals surface area contributed by atoms with Crippen LogP contribution in [-0.2, 0) is 0 Å². The summed E-state index contributed by atoms with van der Waals surface area (Å²) in [6, 6.07) is 14.1. The minimum absolute atomic E-state index is 0.480. The predicted octanol–water partition coefficient (Wildman–Crippen LogP) is 1.86. The Labute approximate surface area is 124 Å². The Balaban J connectivity index is 1.73. The van der Waals surface area contributed by atoms with Crippen molar-refractivity contribution in [1.29, 1.82) is 5.26 Å². The van der Waals surface area contributed by atoms with E-state index < -0.39 is 0 Å². The van der Waals surface area contributed by atoms with Crippen LogP contribution in [0.1, 0.15) is 5.56 Å². The van der Waals surface area contributed by atoms with Crippen molar-refractivity contribution >= 4 is 17.2 Å². The highest BCUT2D eigenvalue weighted by molar-refractivity contribution is 5.70. The number of hydrogen-bond donors (Lipinski definition) is 1. The van der Waals surface area contributed by atoms with Gasteiger partial charge in [-0.15, -0.1) is 0 Å². The summed E-state index contributed by atoms with van der Waals surface area (Å²) in [6.45, 7) is 3.53. The minimum Gasteiger partial charge on any atom is -0.395 e. The number of benzene rings is 1. The minimum atomic E-state index is 0.480. The first-order chi connectivity index (χ1) is 10.3. The fourth-order valence-electron chi connectivity index (χ4n) is 2.63. The maximum atomic E-state index is 9.05. The average Bonchev–Trinajstić information content (AvgIpc) is 2.56. The van der Waals surface area contributed by atoms with E-state index in [1.54, 1.807) is 12.3 Å². The Hall–Kier alpha value is -2.74. The third kappa shape index (κ3) is 2.61. The second-order valence-electron chi connectivity index (χ2n) is 5.02. The van der Waals surface area contributed by atoms with Crippen LogP contribution in [0.5, 0.6) is 0 Å². The molecule has 3 rings (SSSR count). The van der Waals surface area contributed by atoms with Crippen molar-refractivity contribution in [3.8, 4) is 6.07 Å². The number of nitrogens with two attached hydrogens (primary N) is 1. The molecule has 1 aliphatic rings. The van der Waals surface area contributed by atoms with Gasteiger partial charge in [-0.25, -0.2) is 4.98 Å². The molecule has 0 spiro atoms. The summed E-state index contributed by atoms with van der Waals surface area (Å²) in [4.78, 5) is 8.84. The van der Waals surface area contributed by atoms with Crippen LogP contribution >= 0.6 is 0 Å². The quantitative estimate of drug-likeness (QED) is 0.908. The van der Waals surface area contributed by atoms with Crippen molar-refractivity contribution in [3.63, 3.8) is 0 Å². The SMILES string of the molecule is N#Cc1ccnc(N2CCN(c3ccccc3)CC2)c1N. The fourth-order valence-corrected chi connectivity index (χ4v) is 2.63. The third-order valence-electron chi connectivity index (χ3n) is 3.79. The largest absolute Gasteiger partial charge is 0.395 e. The molecule has 0 unspecified atom stereocenters. The van der Waals surface area contributed by atoms with Gasteiger partial charge >= 0.3 is 0 Å². The van der Waals surface area contributed by atoms with Crippen LogP contribution < -0.4 is 15.5 Å². The van der Waals surface area contributed by atoms with Crippen LogP contribution in [0.3, 0.4) is 0 Å². The topological polar surface area (TPSA) is 69.2 Å². The van der Waals surface area contributed by atoms with Crippen LogP contribution in [0, 0.1) is 11.3 Å². The summed E-state index contributed by atoms with van der Waals surface area (Å²) in [7, 11) is 0. The van der Waals surface area contributed by atoms with Gasteiger partial charge in [-0.1, -0.05) is 18.2 Å². The number of para-hydroxylation sites is 1. The second kappa shape index (κ2) is 5.71. The van der Waals surface area contributed by atoms with Crippen molar-refractivity contribution < 1.29 is 0 Å². The lowest BCUT2D eigenvalue weighted by molar-refractivity contribution is 0.648. The first-order valence-electron chi connectivity index (χ1n) is 6.99. The standard InChI is InChI=1S/C16H17N5/c17-12-13-6-7-19-16(15(13)18)21-10-8-20(9-11-21)14-4-2-1-3-5-14/h1-7H,8-11,18H2. The number of piperazine rings is 1. The third-order valence-corrected chi connectivity index (χ3v) is 3.79. The Morgan fingerprint density at radius 1 is 1.00 bits per heavy atom. The molecule has 1 aromatic carbocycles. The molecule has 1 aliphatic heterocycles. The lowest BCUT2D eigenvalue weighted by Gasteiger charge is -2.37. The Morgan fingerprint density at radius 3 is 2.33 bits per heavy atom. The molecular formula is C16H17N5. The molecule has 0 aliphatic carbocycles. The van der Waals surface area contributed by atoms with Crippen molar-refractivity contribution in [2.75, 3.05) is 41.7 Å². The second-order valence-corrected chi connectivity index (χ2v) is 5.02. The number of nitrogens with zero attached hydrogens (tertiary/aromatic N) is 4. The summed E-state index contributed by atoms with van der Waals surface area (Å²) in [5.74, 6) is 0.724. The number of rotatable bonds is 2. The Morgan fingerprint density at radius 2 is 1.67 bits per heavy atom. The van der Waals surface area contributed by atoms with Crippen LogP contribution in [-0.4, -0.2) is 31.2 Å². The van der Waals surface area contributed by atoms with Crippen LogP contribution in [0.15, 0.2) is 42.6 Å². The van der Waals surface area contributed by atoms with Crippen LogP contribution in [0.4, 0.5) is 17.2 Å². The lowest BCUT2D eigenvalue weighted by Crippen LogP contribution is -2.47. The number of hydrogen-bond acceptors (Lipinski definition) is 5. The first-order valence-corrected chi connectivity index (χ1v) is 6.99. The van der Waals surface area contributed by atoms with Gasteiger partial charge in [0.2, 0.25) is 0 Å². The summed E-state index contributed by atoms with van der Waals surface area (Å²) in [6.07, 6.45) is 1.65. The van der Waals surface area contributed by atoms with Gasteiger partial charge in [0.15, 0.2) is 5.82 Å². The monoisotopic (exact) mass is 279 g/mol. The number of pyridine rings is 1. The molecule has 1 saturated heterocycles. The van der Waals surface area contributed by atoms with Crippen molar-refractivity contribution in [3.05, 3.63) is 48.2 Å². The molecule has 5 nitrogen and oxygen atoms in total. The normalized spacial score (nSPS) is 14.8. The molecule has 2 N–H and O–H groups in total. The maximum absolute atomic E-state index is 9.05. The van der Waals surface area contributed by atoms with E-state index in [4.69, 9.17) is 11.0 Å². The summed E-state index contributed by atoms with van der Waals surface area (Å²) in [5, 5.41) is 9.05. The van der Waals surface area contributed by atoms with Gasteiger partial charge in [-0.2, -0.15) is 5.26 Å². The molecule has 0 radical (unpaired) electrons. The van der Waals surface area contributed by atoms with Crippen LogP contribution in [0.25, 0.3) is 0 Å². The molecule has 0 atom stereocenters. The first kappa shape index (κ1) is 13.3. The highest BCUT2D eigenvalue weighted by atomic mass is 15.3. The number of anilines is 3. The summed E-state index contributed by atoms with van der Waals surface area (Å²) >= 11 is 0. The van der Waals surface area contributed by atoms with Gasteiger partial charge in [-0.05, 0) is 18.2 Å². The van der Waals surface area contributed by atoms with Crippen LogP contribution in [0.2, 0.25) is 0 Å². The van der Waals surface area contributed by atoms with E-state index in [2.05, 4.69) is 45.1 Å². The molecule has 0 bridgehead atoms. The zero-order chi connectivity index (χ0) is 14.7. The van der Waals surface area contributed by atoms with Gasteiger partial charge in [0.05, 0.1) is 11.3 Å². The molecule has 2 aromatic rings. The Kier molecular flexibility index (Phi) is 3.61. The van der Waals surface area contributed by atoms with Gasteiger partial charge in [0.25, 0.3) is 0 Å². The van der Waals surface area contributed by atoms with Crippen molar-refractivity contribution in [2.24, 2.45) is 0 Å². The van der Waals surface area contributed by atoms with Gasteiger partial charge in [0, 0.05) is 38.1 Å². The van der Waals surface area contributed by atoms with E-state index in [-0.39, 0.29) is 0 Å². The van der Waals surface area contributed by atoms with Crippen molar-refractivity contribution in [2.45, 2.75) is 0 Å². The van der Waals surface area contributed by atoms with Gasteiger partial charge < -0.3 is 15.5 Å². The van der Waals surface area contributed by atoms with E-state index in [0.717, 1.165) is 32.0 Å². The predicted molar refractivity (Wildman–Crippen MR) is 84.2 cm³/mol. The molecule has 1 aromatic heterocycles. The fraction of sp³-hybridized carbons (Fsp3) is 0.250. The molecule has 0 amide bonds. The molecule has 21 heavy (non-hydrogen) atoms. The zero-order valence-corrected chi connectivity index (χ0v) is 11.7. The van der Waals surface area contributed by atoms with E-state index >= 15 is 0 Å². The van der Waals surface area contributed by atoms with E-state index in [9.17, 15) is 0 Å². The summed E-state index contributed by atoms with van der Waals surface area (Å²) < 4.78 is 0. The lowest BCUT2D eigenvalue weighted by atomic mass is 10.2. The van der Waals surface area contributed by atoms with E-state index in [1.165, 1.54) is 5.69 Å². The van der Waals surface area contributed by atoms with E-state index in [0.29, 0.717) is 11.3 Å². The number of aromatic nitrogens is 1. The molecule has 1 fully saturated rings. The molecule has 2 heterocycles. The molecule has 0 saturated carbocycles. The molecule has 106 valence electrons. The number of nitrogen functional groups attached to an aromatic ring is 1. The average molecular weight is 279 g/mol. The summed E-state index contributed by atoms with van der Waals surface area (Å²) in [5.41, 5.74) is 8.24. The highest BCUT2D eigenvalue weighted by Crippen LogP contribution is 2.25. The molecular weight excluding hydrogens is 262 g/mol. The maximum Gasteiger partial charge on any atom is 0.153 e. The number of nitriles is 1. The zero-order valence-electron chi connectivity index (χ0n) is 11.7. The highest BCUT2D eigenvalue weighted by Gasteiger charge is 2.20. The smallest absolute Gasteiger partial charge is 0.153 e. The van der Waals surface area contributed by atoms with Crippen molar-refractivity contribution in [1.82, 2.24) is 4.98 Å². The van der Waals surface area contributed by atoms with E-state index in [1.807, 2.05) is 6.07 Å². The van der Waals surface area contributed by atoms with Gasteiger partial charge in [0.1, 0.15) is 6.07 Å². The van der Waals surface area contributed by atoms with Gasteiger partial charge in [-0.3, -0.25) is 0 Å².